The van der Waals surface area contributed by atoms with Crippen molar-refractivity contribution < 1.29 is 14.4 Å². The lowest BCUT2D eigenvalue weighted by Gasteiger charge is -2.15. The number of aromatic nitrogens is 2. The van der Waals surface area contributed by atoms with Crippen molar-refractivity contribution in [2.24, 2.45) is 0 Å². The van der Waals surface area contributed by atoms with E-state index in [9.17, 15) is 19.6 Å². The van der Waals surface area contributed by atoms with E-state index < -0.39 is 17.7 Å². The number of hydrogen-bond donors (Lipinski definition) is 0. The highest BCUT2D eigenvalue weighted by Crippen LogP contribution is 2.31. The predicted octanol–water partition coefficient (Wildman–Crippen LogP) is 4.70. The number of rotatable bonds is 3. The topological polar surface area (TPSA) is 96.1 Å². The summed E-state index contributed by atoms with van der Waals surface area (Å²) in [5, 5.41) is 9.68. The molecule has 1 aliphatic rings. The maximum Gasteiger partial charge on any atom is 0.263 e. The molecular formula is C24H12Cl2N4O3. The highest BCUT2D eigenvalue weighted by atomic mass is 35.5. The number of fused-ring (bicyclic) bond motifs is 2. The minimum atomic E-state index is -0.486. The number of hydrogen-bond acceptors (Lipinski definition) is 5. The molecule has 1 aromatic heterocycles. The van der Waals surface area contributed by atoms with E-state index in [1.54, 1.807) is 42.5 Å². The van der Waals surface area contributed by atoms with E-state index in [0.29, 0.717) is 27.7 Å². The summed E-state index contributed by atoms with van der Waals surface area (Å²) in [7, 11) is 0. The monoisotopic (exact) mass is 474 g/mol. The van der Waals surface area contributed by atoms with Gasteiger partial charge in [0.2, 0.25) is 0 Å². The summed E-state index contributed by atoms with van der Waals surface area (Å²) in [6.07, 6.45) is 0. The zero-order chi connectivity index (χ0) is 23.3. The fourth-order valence-electron chi connectivity index (χ4n) is 3.83. The SMILES string of the molecule is N#Cc1cccc(C(=O)n2c(CN3C(=O)c4ccccc4C3=O)nc3cc(Cl)c(Cl)cc32)c1. The Hall–Kier alpha value is -3.99. The van der Waals surface area contributed by atoms with Crippen molar-refractivity contribution >= 4 is 52.0 Å². The first-order chi connectivity index (χ1) is 15.9. The highest BCUT2D eigenvalue weighted by molar-refractivity contribution is 6.42. The quantitative estimate of drug-likeness (QED) is 0.401. The molecule has 160 valence electrons. The predicted molar refractivity (Wildman–Crippen MR) is 121 cm³/mol. The molecule has 33 heavy (non-hydrogen) atoms. The molecule has 0 bridgehead atoms. The Kier molecular flexibility index (Phi) is 4.97. The van der Waals surface area contributed by atoms with Crippen LogP contribution in [-0.2, 0) is 6.54 Å². The molecule has 0 saturated carbocycles. The van der Waals surface area contributed by atoms with E-state index in [1.165, 1.54) is 22.8 Å². The molecule has 2 amide bonds. The van der Waals surface area contributed by atoms with Crippen LogP contribution in [0.5, 0.6) is 0 Å². The number of benzene rings is 3. The molecule has 9 heteroatoms. The molecule has 0 aliphatic carbocycles. The highest BCUT2D eigenvalue weighted by Gasteiger charge is 2.36. The summed E-state index contributed by atoms with van der Waals surface area (Å²) in [5.41, 5.74) is 1.88. The molecule has 7 nitrogen and oxygen atoms in total. The van der Waals surface area contributed by atoms with Crippen molar-refractivity contribution in [2.75, 3.05) is 0 Å². The summed E-state index contributed by atoms with van der Waals surface area (Å²) in [5.74, 6) is -1.27. The van der Waals surface area contributed by atoms with E-state index in [4.69, 9.17) is 23.2 Å². The van der Waals surface area contributed by atoms with Crippen molar-refractivity contribution in [3.05, 3.63) is 98.8 Å². The van der Waals surface area contributed by atoms with E-state index in [1.807, 2.05) is 6.07 Å². The third kappa shape index (κ3) is 3.37. The van der Waals surface area contributed by atoms with Gasteiger partial charge in [-0.25, -0.2) is 4.98 Å². The Labute approximate surface area is 197 Å². The van der Waals surface area contributed by atoms with Crippen LogP contribution in [0, 0.1) is 11.3 Å². The first kappa shape index (κ1) is 20.9. The molecule has 5 rings (SSSR count). The van der Waals surface area contributed by atoms with Gasteiger partial charge in [0.05, 0.1) is 50.4 Å². The van der Waals surface area contributed by atoms with Crippen LogP contribution in [0.25, 0.3) is 11.0 Å². The Balaban J connectivity index is 1.65. The van der Waals surface area contributed by atoms with Gasteiger partial charge in [0.15, 0.2) is 0 Å². The van der Waals surface area contributed by atoms with E-state index >= 15 is 0 Å². The van der Waals surface area contributed by atoms with Gasteiger partial charge in [-0.2, -0.15) is 5.26 Å². The van der Waals surface area contributed by atoms with Gasteiger partial charge in [0.25, 0.3) is 17.7 Å². The first-order valence-electron chi connectivity index (χ1n) is 9.75. The average Bonchev–Trinajstić information content (AvgIpc) is 3.29. The lowest BCUT2D eigenvalue weighted by atomic mass is 10.1. The second kappa shape index (κ2) is 7.85. The standard InChI is InChI=1S/C24H12Cl2N4O3/c25-17-9-19-20(10-18(17)26)30(22(31)14-5-3-4-13(8-14)11-27)21(28-19)12-29-23(32)15-6-1-2-7-16(15)24(29)33/h1-10H,12H2. The maximum absolute atomic E-state index is 13.5. The number of carbonyl (C=O) groups excluding carboxylic acids is 3. The Morgan fingerprint density at radius 1 is 0.939 bits per heavy atom. The van der Waals surface area contributed by atoms with E-state index in [2.05, 4.69) is 4.98 Å². The van der Waals surface area contributed by atoms with Crippen LogP contribution in [0.4, 0.5) is 0 Å². The molecule has 0 N–H and O–H groups in total. The minimum absolute atomic E-state index is 0.158. The molecular weight excluding hydrogens is 463 g/mol. The van der Waals surface area contributed by atoms with Crippen molar-refractivity contribution in [2.45, 2.75) is 6.54 Å². The summed E-state index contributed by atoms with van der Waals surface area (Å²) < 4.78 is 1.29. The number of amides is 2. The molecule has 0 saturated heterocycles. The van der Waals surface area contributed by atoms with Gasteiger partial charge >= 0.3 is 0 Å². The summed E-state index contributed by atoms with van der Waals surface area (Å²) in [6.45, 7) is -0.236. The second-order valence-corrected chi connectivity index (χ2v) is 8.17. The molecule has 4 aromatic rings. The smallest absolute Gasteiger partial charge is 0.263 e. The number of nitrogens with zero attached hydrogens (tertiary/aromatic N) is 4. The lowest BCUT2D eigenvalue weighted by molar-refractivity contribution is 0.0633. The fraction of sp³-hybridized carbons (Fsp3) is 0.0417. The molecule has 0 atom stereocenters. The number of imidazole rings is 1. The maximum atomic E-state index is 13.5. The fourth-order valence-corrected chi connectivity index (χ4v) is 4.15. The molecule has 2 heterocycles. The van der Waals surface area contributed by atoms with Gasteiger partial charge in [-0.05, 0) is 42.5 Å². The second-order valence-electron chi connectivity index (χ2n) is 7.36. The van der Waals surface area contributed by atoms with Crippen LogP contribution in [0.3, 0.4) is 0 Å². The average molecular weight is 475 g/mol. The molecule has 1 aliphatic heterocycles. The number of halogens is 2. The normalized spacial score (nSPS) is 12.8. The van der Waals surface area contributed by atoms with Crippen molar-refractivity contribution in [3.63, 3.8) is 0 Å². The van der Waals surface area contributed by atoms with Crippen LogP contribution >= 0.6 is 23.2 Å². The summed E-state index contributed by atoms with van der Waals surface area (Å²) >= 11 is 12.3. The van der Waals surface area contributed by atoms with Crippen LogP contribution in [0.15, 0.2) is 60.7 Å². The van der Waals surface area contributed by atoms with Gasteiger partial charge in [-0.15, -0.1) is 0 Å². The third-order valence-electron chi connectivity index (χ3n) is 5.39. The summed E-state index contributed by atoms with van der Waals surface area (Å²) in [4.78, 5) is 44.8. The molecule has 0 radical (unpaired) electrons. The number of nitriles is 1. The molecule has 0 spiro atoms. The Bertz CT molecular complexity index is 1520. The van der Waals surface area contributed by atoms with E-state index in [0.717, 1.165) is 4.90 Å². The Morgan fingerprint density at radius 2 is 1.61 bits per heavy atom. The van der Waals surface area contributed by atoms with Gasteiger partial charge in [-0.1, -0.05) is 41.4 Å². The first-order valence-corrected chi connectivity index (χ1v) is 10.5. The zero-order valence-corrected chi connectivity index (χ0v) is 18.3. The van der Waals surface area contributed by atoms with Gasteiger partial charge in [0, 0.05) is 5.56 Å². The Morgan fingerprint density at radius 3 is 2.27 bits per heavy atom. The molecule has 3 aromatic carbocycles. The third-order valence-corrected chi connectivity index (χ3v) is 6.11. The number of imide groups is 1. The van der Waals surface area contributed by atoms with Gasteiger partial charge in [0.1, 0.15) is 5.82 Å². The van der Waals surface area contributed by atoms with Crippen LogP contribution in [-0.4, -0.2) is 32.2 Å². The lowest BCUT2D eigenvalue weighted by Crippen LogP contribution is -2.31. The summed E-state index contributed by atoms with van der Waals surface area (Å²) in [6, 6.07) is 17.7. The van der Waals surface area contributed by atoms with Crippen LogP contribution in [0.2, 0.25) is 10.0 Å². The zero-order valence-electron chi connectivity index (χ0n) is 16.8. The van der Waals surface area contributed by atoms with Crippen molar-refractivity contribution in [3.8, 4) is 6.07 Å². The van der Waals surface area contributed by atoms with Crippen LogP contribution in [0.1, 0.15) is 42.5 Å². The van der Waals surface area contributed by atoms with Gasteiger partial charge < -0.3 is 0 Å². The van der Waals surface area contributed by atoms with Crippen LogP contribution < -0.4 is 0 Å². The molecule has 0 fully saturated rings. The number of carbonyl (C=O) groups is 3. The van der Waals surface area contributed by atoms with Crippen molar-refractivity contribution in [1.82, 2.24) is 14.5 Å². The van der Waals surface area contributed by atoms with E-state index in [-0.39, 0.29) is 28.0 Å². The van der Waals surface area contributed by atoms with Crippen molar-refractivity contribution in [1.29, 1.82) is 5.26 Å². The molecule has 0 unspecified atom stereocenters. The van der Waals surface area contributed by atoms with Gasteiger partial charge in [-0.3, -0.25) is 23.9 Å². The largest absolute Gasteiger partial charge is 0.269 e. The minimum Gasteiger partial charge on any atom is -0.269 e.